The topological polar surface area (TPSA) is 33.0 Å². The molecule has 0 atom stereocenters. The highest BCUT2D eigenvalue weighted by Gasteiger charge is 2.06. The molecule has 0 fully saturated rings. The fourth-order valence-corrected chi connectivity index (χ4v) is 2.52. The van der Waals surface area contributed by atoms with Crippen molar-refractivity contribution in [3.05, 3.63) is 63.7 Å². The molecule has 0 aliphatic heterocycles. The Kier molecular flexibility index (Phi) is 5.05. The van der Waals surface area contributed by atoms with Crippen LogP contribution in [-0.2, 0) is 11.9 Å². The molecule has 0 N–H and O–H groups in total. The summed E-state index contributed by atoms with van der Waals surface area (Å²) < 4.78 is 5.83. The summed E-state index contributed by atoms with van der Waals surface area (Å²) in [6.45, 7) is 2.43. The van der Waals surface area contributed by atoms with Crippen molar-refractivity contribution in [2.24, 2.45) is 0 Å². The Bertz CT molecular complexity index is 664. The van der Waals surface area contributed by atoms with E-state index in [1.165, 1.54) is 5.56 Å². The van der Waals surface area contributed by atoms with Crippen molar-refractivity contribution in [1.29, 1.82) is 5.26 Å². The first-order valence-electron chi connectivity index (χ1n) is 6.11. The third-order valence-electron chi connectivity index (χ3n) is 2.93. The van der Waals surface area contributed by atoms with Crippen LogP contribution in [0, 0.1) is 18.3 Å². The molecule has 0 heterocycles. The van der Waals surface area contributed by atoms with E-state index >= 15 is 0 Å². The van der Waals surface area contributed by atoms with Crippen LogP contribution in [0.2, 0.25) is 5.02 Å². The van der Waals surface area contributed by atoms with Crippen LogP contribution in [0.1, 0.15) is 22.3 Å². The maximum absolute atomic E-state index is 8.81. The standard InChI is InChI=1S/C16H13BrClNO/c1-11-2-5-16(14(6-11)8-17)20-10-13-4-3-12(9-19)7-15(13)18/h2-7H,8,10H2,1H3. The summed E-state index contributed by atoms with van der Waals surface area (Å²) in [5, 5.41) is 10.1. The number of alkyl halides is 1. The lowest BCUT2D eigenvalue weighted by molar-refractivity contribution is 0.304. The van der Waals surface area contributed by atoms with Crippen LogP contribution in [0.15, 0.2) is 36.4 Å². The second-order valence-electron chi connectivity index (χ2n) is 4.45. The highest BCUT2D eigenvalue weighted by molar-refractivity contribution is 9.08. The van der Waals surface area contributed by atoms with Gasteiger partial charge < -0.3 is 4.74 Å². The average molecular weight is 351 g/mol. The van der Waals surface area contributed by atoms with Gasteiger partial charge in [-0.05, 0) is 25.1 Å². The second-order valence-corrected chi connectivity index (χ2v) is 5.42. The Morgan fingerprint density at radius 3 is 2.65 bits per heavy atom. The fourth-order valence-electron chi connectivity index (χ4n) is 1.84. The van der Waals surface area contributed by atoms with Gasteiger partial charge in [0.1, 0.15) is 12.4 Å². The monoisotopic (exact) mass is 349 g/mol. The first kappa shape index (κ1) is 14.9. The first-order valence-corrected chi connectivity index (χ1v) is 7.61. The molecule has 0 aliphatic carbocycles. The molecule has 2 aromatic carbocycles. The van der Waals surface area contributed by atoms with Gasteiger partial charge in [0, 0.05) is 21.5 Å². The maximum atomic E-state index is 8.81. The maximum Gasteiger partial charge on any atom is 0.123 e. The van der Waals surface area contributed by atoms with Crippen LogP contribution in [0.4, 0.5) is 0 Å². The van der Waals surface area contributed by atoms with E-state index in [1.54, 1.807) is 12.1 Å². The normalized spacial score (nSPS) is 10.1. The predicted octanol–water partition coefficient (Wildman–Crippen LogP) is 4.99. The van der Waals surface area contributed by atoms with E-state index in [0.717, 1.165) is 22.2 Å². The summed E-state index contributed by atoms with van der Waals surface area (Å²) in [6.07, 6.45) is 0. The van der Waals surface area contributed by atoms with E-state index in [1.807, 2.05) is 25.1 Å². The fraction of sp³-hybridized carbons (Fsp3) is 0.188. The molecular formula is C16H13BrClNO. The van der Waals surface area contributed by atoms with Gasteiger partial charge in [-0.3, -0.25) is 0 Å². The largest absolute Gasteiger partial charge is 0.489 e. The van der Waals surface area contributed by atoms with E-state index in [-0.39, 0.29) is 0 Å². The van der Waals surface area contributed by atoms with E-state index < -0.39 is 0 Å². The molecule has 0 radical (unpaired) electrons. The van der Waals surface area contributed by atoms with Gasteiger partial charge in [0.05, 0.1) is 11.6 Å². The Hall–Kier alpha value is -1.50. The summed E-state index contributed by atoms with van der Waals surface area (Å²) in [5.41, 5.74) is 3.72. The molecule has 2 nitrogen and oxygen atoms in total. The van der Waals surface area contributed by atoms with Gasteiger partial charge in [0.2, 0.25) is 0 Å². The van der Waals surface area contributed by atoms with Gasteiger partial charge in [-0.15, -0.1) is 0 Å². The number of halogens is 2. The van der Waals surface area contributed by atoms with Crippen molar-refractivity contribution in [2.75, 3.05) is 0 Å². The third-order valence-corrected chi connectivity index (χ3v) is 3.88. The molecule has 0 saturated carbocycles. The van der Waals surface area contributed by atoms with Crippen molar-refractivity contribution in [3.8, 4) is 11.8 Å². The molecule has 0 saturated heterocycles. The quantitative estimate of drug-likeness (QED) is 0.727. The lowest BCUT2D eigenvalue weighted by atomic mass is 10.1. The first-order chi connectivity index (χ1) is 9.63. The van der Waals surface area contributed by atoms with E-state index in [2.05, 4.69) is 28.1 Å². The van der Waals surface area contributed by atoms with E-state index in [9.17, 15) is 0 Å². The zero-order chi connectivity index (χ0) is 14.5. The Morgan fingerprint density at radius 1 is 1.20 bits per heavy atom. The van der Waals surface area contributed by atoms with E-state index in [4.69, 9.17) is 21.6 Å². The summed E-state index contributed by atoms with van der Waals surface area (Å²) in [4.78, 5) is 0. The van der Waals surface area contributed by atoms with Crippen molar-refractivity contribution < 1.29 is 4.74 Å². The number of aryl methyl sites for hydroxylation is 1. The number of hydrogen-bond acceptors (Lipinski definition) is 2. The zero-order valence-electron chi connectivity index (χ0n) is 11.0. The third kappa shape index (κ3) is 3.53. The number of benzene rings is 2. The lowest BCUT2D eigenvalue weighted by Gasteiger charge is -2.12. The highest BCUT2D eigenvalue weighted by Crippen LogP contribution is 2.25. The van der Waals surface area contributed by atoms with Crippen molar-refractivity contribution >= 4 is 27.5 Å². The molecule has 2 aromatic rings. The summed E-state index contributed by atoms with van der Waals surface area (Å²) >= 11 is 9.59. The molecule has 102 valence electrons. The average Bonchev–Trinajstić information content (AvgIpc) is 2.46. The Balaban J connectivity index is 2.15. The van der Waals surface area contributed by atoms with Crippen LogP contribution in [0.3, 0.4) is 0 Å². The van der Waals surface area contributed by atoms with Crippen molar-refractivity contribution in [3.63, 3.8) is 0 Å². The molecule has 0 bridgehead atoms. The smallest absolute Gasteiger partial charge is 0.123 e. The van der Waals surface area contributed by atoms with E-state index in [0.29, 0.717) is 17.2 Å². The SMILES string of the molecule is Cc1ccc(OCc2ccc(C#N)cc2Cl)c(CBr)c1. The number of nitriles is 1. The second kappa shape index (κ2) is 6.78. The summed E-state index contributed by atoms with van der Waals surface area (Å²) in [6, 6.07) is 13.3. The minimum absolute atomic E-state index is 0.383. The number of nitrogens with zero attached hydrogens (tertiary/aromatic N) is 1. The minimum Gasteiger partial charge on any atom is -0.489 e. The molecular weight excluding hydrogens is 338 g/mol. The molecule has 0 amide bonds. The van der Waals surface area contributed by atoms with Gasteiger partial charge in [-0.25, -0.2) is 0 Å². The molecule has 20 heavy (non-hydrogen) atoms. The predicted molar refractivity (Wildman–Crippen MR) is 84.3 cm³/mol. The van der Waals surface area contributed by atoms with Crippen LogP contribution < -0.4 is 4.74 Å². The van der Waals surface area contributed by atoms with Gasteiger partial charge in [0.25, 0.3) is 0 Å². The molecule has 4 heteroatoms. The highest BCUT2D eigenvalue weighted by atomic mass is 79.9. The van der Waals surface area contributed by atoms with Crippen LogP contribution in [0.25, 0.3) is 0 Å². The summed E-state index contributed by atoms with van der Waals surface area (Å²) in [7, 11) is 0. The Morgan fingerprint density at radius 2 is 2.00 bits per heavy atom. The number of hydrogen-bond donors (Lipinski definition) is 0. The van der Waals surface area contributed by atoms with Gasteiger partial charge >= 0.3 is 0 Å². The molecule has 2 rings (SSSR count). The van der Waals surface area contributed by atoms with Gasteiger partial charge in [-0.1, -0.05) is 51.3 Å². The van der Waals surface area contributed by atoms with Crippen molar-refractivity contribution in [2.45, 2.75) is 18.9 Å². The minimum atomic E-state index is 0.383. The van der Waals surface area contributed by atoms with Crippen LogP contribution in [0.5, 0.6) is 5.75 Å². The molecule has 0 aliphatic rings. The molecule has 0 aromatic heterocycles. The summed E-state index contributed by atoms with van der Waals surface area (Å²) in [5.74, 6) is 0.841. The van der Waals surface area contributed by atoms with Gasteiger partial charge in [-0.2, -0.15) is 5.26 Å². The lowest BCUT2D eigenvalue weighted by Crippen LogP contribution is -1.99. The molecule has 0 unspecified atom stereocenters. The number of ether oxygens (including phenoxy) is 1. The number of rotatable bonds is 4. The van der Waals surface area contributed by atoms with Gasteiger partial charge in [0.15, 0.2) is 0 Å². The van der Waals surface area contributed by atoms with Crippen molar-refractivity contribution in [1.82, 2.24) is 0 Å². The zero-order valence-corrected chi connectivity index (χ0v) is 13.3. The Labute approximate surface area is 132 Å². The van der Waals surface area contributed by atoms with Crippen LogP contribution in [-0.4, -0.2) is 0 Å². The molecule has 0 spiro atoms. The van der Waals surface area contributed by atoms with Crippen LogP contribution >= 0.6 is 27.5 Å².